The lowest BCUT2D eigenvalue weighted by Crippen LogP contribution is -1.87. The summed E-state index contributed by atoms with van der Waals surface area (Å²) >= 11 is 0. The van der Waals surface area contributed by atoms with Gasteiger partial charge in [-0.05, 0) is 13.0 Å². The zero-order valence-corrected chi connectivity index (χ0v) is 5.63. The van der Waals surface area contributed by atoms with Crippen molar-refractivity contribution in [1.29, 1.82) is 0 Å². The van der Waals surface area contributed by atoms with Crippen molar-refractivity contribution in [3.63, 3.8) is 0 Å². The maximum atomic E-state index is 12.6. The Balaban J connectivity index is 3.09. The lowest BCUT2D eigenvalue weighted by Gasteiger charge is -1.97. The first kappa shape index (κ1) is 7.22. The molecule has 0 saturated carbocycles. The molecule has 1 N–H and O–H groups in total. The highest BCUT2D eigenvalue weighted by atomic mass is 19.1. The van der Waals surface area contributed by atoms with E-state index in [0.717, 1.165) is 12.2 Å². The molecule has 0 unspecified atom stereocenters. The first-order valence-electron chi connectivity index (χ1n) is 2.97. The molecule has 1 radical (unpaired) electrons. The lowest BCUT2D eigenvalue weighted by atomic mass is 10.1. The van der Waals surface area contributed by atoms with Crippen LogP contribution in [0, 0.1) is 19.3 Å². The highest BCUT2D eigenvalue weighted by Gasteiger charge is 1.98. The number of aliphatic hydroxyl groups is 1. The van der Waals surface area contributed by atoms with Crippen LogP contribution >= 0.6 is 0 Å². The average Bonchev–Trinajstić information content (AvgIpc) is 1.94. The molecule has 0 spiro atoms. The van der Waals surface area contributed by atoms with E-state index in [1.165, 1.54) is 6.07 Å². The van der Waals surface area contributed by atoms with Gasteiger partial charge in [0, 0.05) is 5.56 Å². The molecule has 0 atom stereocenters. The van der Waals surface area contributed by atoms with Crippen molar-refractivity contribution in [2.45, 2.75) is 6.92 Å². The fraction of sp³-hybridized carbons (Fsp3) is 0.125. The quantitative estimate of drug-likeness (QED) is 0.631. The molecule has 0 fully saturated rings. The van der Waals surface area contributed by atoms with E-state index < -0.39 is 5.82 Å². The number of aliphatic hydroxyl groups excluding tert-OH is 1. The van der Waals surface area contributed by atoms with Crippen LogP contribution in [0.15, 0.2) is 18.2 Å². The fourth-order valence-electron chi connectivity index (χ4n) is 0.762. The Morgan fingerprint density at radius 1 is 1.50 bits per heavy atom. The third kappa shape index (κ3) is 1.33. The normalized spacial score (nSPS) is 9.90. The van der Waals surface area contributed by atoms with Crippen LogP contribution in [0.2, 0.25) is 0 Å². The first-order chi connectivity index (χ1) is 4.74. The minimum atomic E-state index is -0.395. The molecule has 1 aromatic carbocycles. The van der Waals surface area contributed by atoms with Crippen molar-refractivity contribution in [3.05, 3.63) is 41.8 Å². The topological polar surface area (TPSA) is 20.2 Å². The van der Waals surface area contributed by atoms with E-state index in [0.29, 0.717) is 0 Å². The molecule has 1 aromatic rings. The van der Waals surface area contributed by atoms with Crippen LogP contribution in [0.3, 0.4) is 0 Å². The van der Waals surface area contributed by atoms with E-state index in [4.69, 9.17) is 5.11 Å². The summed E-state index contributed by atoms with van der Waals surface area (Å²) in [4.78, 5) is 0. The Morgan fingerprint density at radius 3 is 2.70 bits per heavy atom. The predicted octanol–water partition coefficient (Wildman–Crippen LogP) is 2.02. The molecule has 53 valence electrons. The maximum absolute atomic E-state index is 12.6. The number of hydrogen-bond acceptors (Lipinski definition) is 1. The van der Waals surface area contributed by atoms with Gasteiger partial charge in [0.05, 0.1) is 0 Å². The number of halogens is 1. The van der Waals surface area contributed by atoms with E-state index in [9.17, 15) is 4.39 Å². The predicted molar refractivity (Wildman–Crippen MR) is 36.5 cm³/mol. The molecule has 10 heavy (non-hydrogen) atoms. The highest BCUT2D eigenvalue weighted by molar-refractivity contribution is 5.27. The Labute approximate surface area is 59.1 Å². The van der Waals surface area contributed by atoms with E-state index in [2.05, 4.69) is 0 Å². The zero-order valence-electron chi connectivity index (χ0n) is 5.63. The third-order valence-corrected chi connectivity index (χ3v) is 1.29. The van der Waals surface area contributed by atoms with Crippen LogP contribution in [-0.4, -0.2) is 5.11 Å². The molecule has 1 rings (SSSR count). The second-order valence-electron chi connectivity index (χ2n) is 2.15. The van der Waals surface area contributed by atoms with E-state index in [-0.39, 0.29) is 5.56 Å². The molecule has 0 aliphatic heterocycles. The van der Waals surface area contributed by atoms with E-state index in [1.54, 1.807) is 12.1 Å². The molecular formula is C8H8FO. The number of hydrogen-bond donors (Lipinski definition) is 1. The number of rotatable bonds is 1. The van der Waals surface area contributed by atoms with Crippen molar-refractivity contribution in [1.82, 2.24) is 0 Å². The smallest absolute Gasteiger partial charge is 0.129 e. The third-order valence-electron chi connectivity index (χ3n) is 1.29. The van der Waals surface area contributed by atoms with Crippen molar-refractivity contribution >= 4 is 0 Å². The standard InChI is InChI=1S/C8H8FO/c1-6-2-3-8(9)7(4-6)5-10/h2-5,10H,1H3. The molecule has 1 nitrogen and oxygen atoms in total. The van der Waals surface area contributed by atoms with Gasteiger partial charge in [-0.3, -0.25) is 0 Å². The van der Waals surface area contributed by atoms with Gasteiger partial charge >= 0.3 is 0 Å². The van der Waals surface area contributed by atoms with Crippen LogP contribution in [-0.2, 0) is 0 Å². The summed E-state index contributed by atoms with van der Waals surface area (Å²) in [6.45, 7) is 2.61. The summed E-state index contributed by atoms with van der Waals surface area (Å²) in [7, 11) is 0. The molecule has 0 saturated heterocycles. The fourth-order valence-corrected chi connectivity index (χ4v) is 0.762. The maximum Gasteiger partial charge on any atom is 0.129 e. The molecule has 0 aliphatic carbocycles. The second kappa shape index (κ2) is 2.80. The van der Waals surface area contributed by atoms with Gasteiger partial charge in [0.15, 0.2) is 0 Å². The summed E-state index contributed by atoms with van der Waals surface area (Å²) < 4.78 is 12.6. The molecule has 0 bridgehead atoms. The van der Waals surface area contributed by atoms with Gasteiger partial charge in [0.2, 0.25) is 0 Å². The van der Waals surface area contributed by atoms with Gasteiger partial charge in [0.1, 0.15) is 12.4 Å². The first-order valence-corrected chi connectivity index (χ1v) is 2.97. The van der Waals surface area contributed by atoms with E-state index in [1.807, 2.05) is 6.92 Å². The van der Waals surface area contributed by atoms with Crippen LogP contribution in [0.5, 0.6) is 0 Å². The minimum Gasteiger partial charge on any atom is -0.385 e. The Morgan fingerprint density at radius 2 is 2.20 bits per heavy atom. The summed E-state index contributed by atoms with van der Waals surface area (Å²) in [6, 6.07) is 4.56. The van der Waals surface area contributed by atoms with Gasteiger partial charge in [-0.2, -0.15) is 0 Å². The molecule has 2 heteroatoms. The Hall–Kier alpha value is -0.890. The molecule has 0 aromatic heterocycles. The van der Waals surface area contributed by atoms with Gasteiger partial charge < -0.3 is 5.11 Å². The van der Waals surface area contributed by atoms with Crippen LogP contribution in [0.25, 0.3) is 0 Å². The SMILES string of the molecule is Cc1ccc(F)c([CH]O)c1. The highest BCUT2D eigenvalue weighted by Crippen LogP contribution is 2.09. The lowest BCUT2D eigenvalue weighted by molar-refractivity contribution is 0.407. The monoisotopic (exact) mass is 139 g/mol. The second-order valence-corrected chi connectivity index (χ2v) is 2.15. The van der Waals surface area contributed by atoms with Crippen molar-refractivity contribution in [3.8, 4) is 0 Å². The zero-order chi connectivity index (χ0) is 7.56. The van der Waals surface area contributed by atoms with Gasteiger partial charge in [0.25, 0.3) is 0 Å². The van der Waals surface area contributed by atoms with Crippen molar-refractivity contribution < 1.29 is 9.50 Å². The molecular weight excluding hydrogens is 131 g/mol. The average molecular weight is 139 g/mol. The summed E-state index contributed by atoms with van der Waals surface area (Å²) in [5.74, 6) is -0.395. The van der Waals surface area contributed by atoms with Crippen molar-refractivity contribution in [2.24, 2.45) is 0 Å². The summed E-state index contributed by atoms with van der Waals surface area (Å²) in [5, 5.41) is 8.48. The van der Waals surface area contributed by atoms with Crippen LogP contribution in [0.1, 0.15) is 11.1 Å². The largest absolute Gasteiger partial charge is 0.385 e. The summed E-state index contributed by atoms with van der Waals surface area (Å²) in [6.07, 6.45) is 0. The van der Waals surface area contributed by atoms with Gasteiger partial charge in [-0.1, -0.05) is 17.7 Å². The van der Waals surface area contributed by atoms with Crippen LogP contribution < -0.4 is 0 Å². The molecule has 0 aliphatic rings. The van der Waals surface area contributed by atoms with E-state index >= 15 is 0 Å². The van der Waals surface area contributed by atoms with Crippen LogP contribution in [0.4, 0.5) is 4.39 Å². The molecule has 0 amide bonds. The van der Waals surface area contributed by atoms with Gasteiger partial charge in [-0.15, -0.1) is 0 Å². The number of aryl methyl sites for hydroxylation is 1. The van der Waals surface area contributed by atoms with Gasteiger partial charge in [-0.25, -0.2) is 4.39 Å². The Bertz CT molecular complexity index is 233. The van der Waals surface area contributed by atoms with Crippen molar-refractivity contribution in [2.75, 3.05) is 0 Å². The minimum absolute atomic E-state index is 0.236. The number of benzene rings is 1. The molecule has 0 heterocycles. The Kier molecular flexibility index (Phi) is 2.02. The summed E-state index contributed by atoms with van der Waals surface area (Å²) in [5.41, 5.74) is 1.17.